The fraction of sp³-hybridized carbons (Fsp3) is 0.190. The zero-order valence-electron chi connectivity index (χ0n) is 15.2. The Labute approximate surface area is 160 Å². The molecule has 7 heteroatoms. The first kappa shape index (κ1) is 17.8. The summed E-state index contributed by atoms with van der Waals surface area (Å²) in [6.07, 6.45) is 2.29. The lowest BCUT2D eigenvalue weighted by molar-refractivity contribution is 0.0959. The number of carbonyl (C=O) groups excluding carboxylic acids is 2. The van der Waals surface area contributed by atoms with Gasteiger partial charge in [0.2, 0.25) is 0 Å². The maximum absolute atomic E-state index is 12.6. The second kappa shape index (κ2) is 7.19. The lowest BCUT2D eigenvalue weighted by Gasteiger charge is -2.22. The van der Waals surface area contributed by atoms with Gasteiger partial charge in [0.1, 0.15) is 17.1 Å². The van der Waals surface area contributed by atoms with Crippen LogP contribution in [0.2, 0.25) is 0 Å². The number of Topliss-reactive ketones (excluding diaryl/α,β-unsaturated/α-hetero) is 1. The first-order chi connectivity index (χ1) is 13.6. The van der Waals surface area contributed by atoms with Crippen LogP contribution in [0.25, 0.3) is 0 Å². The number of ether oxygens (including phenoxy) is 1. The van der Waals surface area contributed by atoms with Crippen molar-refractivity contribution in [1.82, 2.24) is 4.98 Å². The molecule has 0 saturated heterocycles. The summed E-state index contributed by atoms with van der Waals surface area (Å²) < 4.78 is 10.6. The molecule has 1 amide bonds. The van der Waals surface area contributed by atoms with Gasteiger partial charge < -0.3 is 19.5 Å². The average Bonchev–Trinajstić information content (AvgIpc) is 3.22. The highest BCUT2D eigenvalue weighted by Crippen LogP contribution is 2.32. The van der Waals surface area contributed by atoms with E-state index in [9.17, 15) is 14.4 Å². The molecular formula is C21H18N2O5. The number of carbonyl (C=O) groups is 2. The van der Waals surface area contributed by atoms with Gasteiger partial charge in [-0.1, -0.05) is 12.1 Å². The molecule has 0 fully saturated rings. The van der Waals surface area contributed by atoms with Crippen LogP contribution >= 0.6 is 0 Å². The molecule has 0 spiro atoms. The van der Waals surface area contributed by atoms with Crippen molar-refractivity contribution in [2.75, 3.05) is 12.4 Å². The number of aromatic amines is 1. The number of pyridine rings is 1. The molecule has 2 N–H and O–H groups in total. The molecule has 3 aromatic rings. The highest BCUT2D eigenvalue weighted by molar-refractivity contribution is 6.07. The number of fused-ring (bicyclic) bond motifs is 1. The number of amides is 1. The number of hydrogen-bond acceptors (Lipinski definition) is 5. The third-order valence-corrected chi connectivity index (χ3v) is 4.85. The van der Waals surface area contributed by atoms with E-state index in [1.165, 1.54) is 13.2 Å². The molecule has 0 unspecified atom stereocenters. The van der Waals surface area contributed by atoms with E-state index in [1.54, 1.807) is 36.6 Å². The molecule has 0 bridgehead atoms. The maximum Gasteiger partial charge on any atom is 0.261 e. The summed E-state index contributed by atoms with van der Waals surface area (Å²) in [5.41, 5.74) is 0.675. The van der Waals surface area contributed by atoms with E-state index < -0.39 is 11.5 Å². The Morgan fingerprint density at radius 1 is 1.18 bits per heavy atom. The third kappa shape index (κ3) is 3.22. The summed E-state index contributed by atoms with van der Waals surface area (Å²) in [6, 6.07) is 11.8. The Balaban J connectivity index is 1.64. The molecule has 2 aromatic heterocycles. The summed E-state index contributed by atoms with van der Waals surface area (Å²) in [5, 5.41) is 2.66. The summed E-state index contributed by atoms with van der Waals surface area (Å²) in [6.45, 7) is 0. The van der Waals surface area contributed by atoms with Crippen molar-refractivity contribution < 1.29 is 18.7 Å². The Bertz CT molecular complexity index is 1100. The molecule has 1 aliphatic carbocycles. The Hall–Kier alpha value is -3.61. The van der Waals surface area contributed by atoms with Gasteiger partial charge in [-0.3, -0.25) is 14.4 Å². The van der Waals surface area contributed by atoms with Crippen LogP contribution in [0.1, 0.15) is 44.5 Å². The number of furan rings is 1. The van der Waals surface area contributed by atoms with Crippen molar-refractivity contribution in [2.45, 2.75) is 18.8 Å². The van der Waals surface area contributed by atoms with Crippen LogP contribution in [0.3, 0.4) is 0 Å². The average molecular weight is 378 g/mol. The molecule has 7 nitrogen and oxygen atoms in total. The van der Waals surface area contributed by atoms with Crippen molar-refractivity contribution in [3.8, 4) is 5.75 Å². The van der Waals surface area contributed by atoms with Gasteiger partial charge >= 0.3 is 0 Å². The van der Waals surface area contributed by atoms with Gasteiger partial charge in [0.25, 0.3) is 11.5 Å². The molecule has 0 aliphatic heterocycles. The van der Waals surface area contributed by atoms with E-state index in [4.69, 9.17) is 9.15 Å². The molecule has 28 heavy (non-hydrogen) atoms. The largest absolute Gasteiger partial charge is 0.495 e. The van der Waals surface area contributed by atoms with E-state index >= 15 is 0 Å². The fourth-order valence-electron chi connectivity index (χ4n) is 3.46. The number of benzene rings is 1. The van der Waals surface area contributed by atoms with Gasteiger partial charge in [-0.2, -0.15) is 0 Å². The van der Waals surface area contributed by atoms with E-state index in [2.05, 4.69) is 10.3 Å². The van der Waals surface area contributed by atoms with Gasteiger partial charge in [-0.05, 0) is 36.8 Å². The number of H-pyrrole nitrogens is 1. The Morgan fingerprint density at radius 3 is 2.75 bits per heavy atom. The molecule has 1 atom stereocenters. The minimum absolute atomic E-state index is 0.116. The molecule has 1 aliphatic rings. The number of anilines is 1. The van der Waals surface area contributed by atoms with Gasteiger partial charge in [-0.25, -0.2) is 0 Å². The van der Waals surface area contributed by atoms with Crippen molar-refractivity contribution >= 4 is 17.4 Å². The molecule has 1 aromatic carbocycles. The van der Waals surface area contributed by atoms with Crippen molar-refractivity contribution in [1.29, 1.82) is 0 Å². The monoisotopic (exact) mass is 378 g/mol. The number of nitrogens with one attached hydrogen (secondary N) is 2. The normalized spacial score (nSPS) is 15.8. The van der Waals surface area contributed by atoms with Crippen molar-refractivity contribution in [2.24, 2.45) is 0 Å². The van der Waals surface area contributed by atoms with E-state index in [1.807, 2.05) is 6.07 Å². The van der Waals surface area contributed by atoms with Crippen LogP contribution in [0, 0.1) is 0 Å². The van der Waals surface area contributed by atoms with E-state index in [-0.39, 0.29) is 23.7 Å². The predicted octanol–water partition coefficient (Wildman–Crippen LogP) is 3.14. The van der Waals surface area contributed by atoms with Gasteiger partial charge in [0.15, 0.2) is 5.78 Å². The van der Waals surface area contributed by atoms with Gasteiger partial charge in [0, 0.05) is 23.6 Å². The minimum atomic E-state index is -0.602. The van der Waals surface area contributed by atoms with Crippen LogP contribution in [0.4, 0.5) is 5.69 Å². The molecule has 0 saturated carbocycles. The van der Waals surface area contributed by atoms with Crippen molar-refractivity contribution in [3.05, 3.63) is 81.7 Å². The number of aromatic nitrogens is 1. The smallest absolute Gasteiger partial charge is 0.261 e. The SMILES string of the molecule is COc1ccccc1NC(=O)c1cc2c([nH]c1=O)C[C@H](c1ccco1)CC2=O. The molecule has 2 heterocycles. The van der Waals surface area contributed by atoms with Crippen LogP contribution in [0.15, 0.2) is 57.9 Å². The third-order valence-electron chi connectivity index (χ3n) is 4.85. The summed E-state index contributed by atoms with van der Waals surface area (Å²) in [5.74, 6) is 0.319. The number of rotatable bonds is 4. The first-order valence-corrected chi connectivity index (χ1v) is 8.84. The predicted molar refractivity (Wildman–Crippen MR) is 102 cm³/mol. The van der Waals surface area contributed by atoms with E-state index in [0.29, 0.717) is 34.9 Å². The first-order valence-electron chi connectivity index (χ1n) is 8.84. The summed E-state index contributed by atoms with van der Waals surface area (Å²) >= 11 is 0. The number of hydrogen-bond donors (Lipinski definition) is 2. The van der Waals surface area contributed by atoms with Crippen LogP contribution < -0.4 is 15.6 Å². The lowest BCUT2D eigenvalue weighted by atomic mass is 9.84. The van der Waals surface area contributed by atoms with Gasteiger partial charge in [0.05, 0.1) is 19.1 Å². The zero-order chi connectivity index (χ0) is 19.7. The maximum atomic E-state index is 12.6. The Kier molecular flexibility index (Phi) is 4.57. The molecule has 4 rings (SSSR count). The second-order valence-electron chi connectivity index (χ2n) is 6.60. The molecule has 142 valence electrons. The highest BCUT2D eigenvalue weighted by atomic mass is 16.5. The zero-order valence-corrected chi connectivity index (χ0v) is 15.2. The van der Waals surface area contributed by atoms with Crippen LogP contribution in [-0.2, 0) is 6.42 Å². The fourth-order valence-corrected chi connectivity index (χ4v) is 3.46. The van der Waals surface area contributed by atoms with Crippen LogP contribution in [0.5, 0.6) is 5.75 Å². The van der Waals surface area contributed by atoms with Crippen molar-refractivity contribution in [3.63, 3.8) is 0 Å². The molecular weight excluding hydrogens is 360 g/mol. The standard InChI is InChI=1S/C21H18N2O5/c1-27-19-6-3-2-5-15(19)22-20(25)14-11-13-16(23-21(14)26)9-12(10-17(13)24)18-7-4-8-28-18/h2-8,11-12H,9-10H2,1H3,(H,22,25)(H,23,26)/t12-/m0/s1. The van der Waals surface area contributed by atoms with E-state index in [0.717, 1.165) is 0 Å². The highest BCUT2D eigenvalue weighted by Gasteiger charge is 2.30. The summed E-state index contributed by atoms with van der Waals surface area (Å²) in [4.78, 5) is 40.5. The minimum Gasteiger partial charge on any atom is -0.495 e. The number of para-hydroxylation sites is 2. The van der Waals surface area contributed by atoms with Gasteiger partial charge in [-0.15, -0.1) is 0 Å². The molecule has 0 radical (unpaired) electrons. The number of ketones is 1. The number of methoxy groups -OCH3 is 1. The summed E-state index contributed by atoms with van der Waals surface area (Å²) in [7, 11) is 1.49. The quantitative estimate of drug-likeness (QED) is 0.726. The Morgan fingerprint density at radius 2 is 2.00 bits per heavy atom. The lowest BCUT2D eigenvalue weighted by Crippen LogP contribution is -2.29. The van der Waals surface area contributed by atoms with Crippen LogP contribution in [-0.4, -0.2) is 23.8 Å². The second-order valence-corrected chi connectivity index (χ2v) is 6.60. The topological polar surface area (TPSA) is 101 Å².